The number of rotatable bonds is 4. The number of fused-ring (bicyclic) bond motifs is 2. The van der Waals surface area contributed by atoms with E-state index in [4.69, 9.17) is 4.98 Å². The molecule has 5 aromatic rings. The molecular formula is C21H21N7O3S. The smallest absolute Gasteiger partial charge is 0.328 e. The molecule has 2 aromatic carbocycles. The van der Waals surface area contributed by atoms with Crippen molar-refractivity contribution in [1.29, 1.82) is 0 Å². The number of aromatic nitrogens is 6. The summed E-state index contributed by atoms with van der Waals surface area (Å²) in [6, 6.07) is 10.5. The predicted octanol–water partition coefficient (Wildman–Crippen LogP) is 1.52. The van der Waals surface area contributed by atoms with Crippen molar-refractivity contribution >= 4 is 32.1 Å². The van der Waals surface area contributed by atoms with Gasteiger partial charge in [0.25, 0.3) is 0 Å². The summed E-state index contributed by atoms with van der Waals surface area (Å²) in [5.74, 6) is 0.610. The lowest BCUT2D eigenvalue weighted by Gasteiger charge is -2.11. The van der Waals surface area contributed by atoms with Gasteiger partial charge in [0, 0.05) is 26.8 Å². The maximum Gasteiger partial charge on any atom is 0.328 e. The second-order valence-electron chi connectivity index (χ2n) is 7.59. The summed E-state index contributed by atoms with van der Waals surface area (Å²) in [6.45, 7) is 0. The first kappa shape index (κ1) is 20.2. The van der Waals surface area contributed by atoms with E-state index in [2.05, 4.69) is 9.71 Å². The molecule has 10 nitrogen and oxygen atoms in total. The molecule has 0 aliphatic carbocycles. The number of aryl methyl sites for hydroxylation is 3. The van der Waals surface area contributed by atoms with Gasteiger partial charge in [-0.15, -0.1) is 0 Å². The van der Waals surface area contributed by atoms with Crippen molar-refractivity contribution in [3.63, 3.8) is 0 Å². The number of benzene rings is 2. The van der Waals surface area contributed by atoms with Gasteiger partial charge < -0.3 is 4.57 Å². The lowest BCUT2D eigenvalue weighted by molar-refractivity contribution is 0.588. The summed E-state index contributed by atoms with van der Waals surface area (Å²) in [5.41, 5.74) is 4.20. The second-order valence-corrected chi connectivity index (χ2v) is 9.48. The first-order chi connectivity index (χ1) is 15.2. The van der Waals surface area contributed by atoms with Crippen molar-refractivity contribution in [2.24, 2.45) is 21.1 Å². The van der Waals surface area contributed by atoms with Crippen molar-refractivity contribution in [3.8, 4) is 17.2 Å². The number of sulfonamides is 1. The summed E-state index contributed by atoms with van der Waals surface area (Å²) < 4.78 is 34.1. The Balaban J connectivity index is 1.88. The van der Waals surface area contributed by atoms with Gasteiger partial charge in [0.2, 0.25) is 10.0 Å². The molecule has 5 rings (SSSR count). The maximum atomic E-state index is 12.4. The van der Waals surface area contributed by atoms with E-state index < -0.39 is 10.0 Å². The van der Waals surface area contributed by atoms with Gasteiger partial charge in [0.15, 0.2) is 5.82 Å². The molecule has 32 heavy (non-hydrogen) atoms. The molecule has 11 heteroatoms. The minimum Gasteiger partial charge on any atom is -0.331 e. The maximum absolute atomic E-state index is 12.4. The molecule has 1 N–H and O–H groups in total. The monoisotopic (exact) mass is 451 g/mol. The third-order valence-electron chi connectivity index (χ3n) is 5.76. The van der Waals surface area contributed by atoms with E-state index in [0.717, 1.165) is 22.4 Å². The molecule has 0 bridgehead atoms. The third-order valence-corrected chi connectivity index (χ3v) is 7.18. The number of hydrogen-bond donors (Lipinski definition) is 1. The molecule has 0 saturated carbocycles. The SMILES string of the molecule is CNS(=O)(=O)c1ccc2nc(-c3cncn3C)n(-c3ccc4c(c3)n(C)c(=O)n4C)c2c1. The van der Waals surface area contributed by atoms with E-state index in [1.165, 1.54) is 13.1 Å². The van der Waals surface area contributed by atoms with Crippen LogP contribution >= 0.6 is 0 Å². The fourth-order valence-electron chi connectivity index (χ4n) is 3.98. The molecular weight excluding hydrogens is 430 g/mol. The summed E-state index contributed by atoms with van der Waals surface area (Å²) in [5, 5.41) is 0. The topological polar surface area (TPSA) is 109 Å². The molecule has 0 fully saturated rings. The number of nitrogens with zero attached hydrogens (tertiary/aromatic N) is 6. The second kappa shape index (κ2) is 6.90. The molecule has 3 aromatic heterocycles. The summed E-state index contributed by atoms with van der Waals surface area (Å²) in [4.78, 5) is 21.5. The van der Waals surface area contributed by atoms with E-state index in [0.29, 0.717) is 16.9 Å². The highest BCUT2D eigenvalue weighted by molar-refractivity contribution is 7.89. The molecule has 0 aliphatic heterocycles. The van der Waals surface area contributed by atoms with Crippen LogP contribution in [0.5, 0.6) is 0 Å². The average Bonchev–Trinajstić information content (AvgIpc) is 3.44. The Morgan fingerprint density at radius 1 is 0.938 bits per heavy atom. The first-order valence-corrected chi connectivity index (χ1v) is 11.3. The zero-order valence-corrected chi connectivity index (χ0v) is 18.8. The number of hydrogen-bond acceptors (Lipinski definition) is 5. The molecule has 0 aliphatic rings. The fourth-order valence-corrected chi connectivity index (χ4v) is 4.73. The van der Waals surface area contributed by atoms with Gasteiger partial charge in [0.1, 0.15) is 5.69 Å². The summed E-state index contributed by atoms with van der Waals surface area (Å²) >= 11 is 0. The zero-order valence-electron chi connectivity index (χ0n) is 17.9. The third kappa shape index (κ3) is 2.82. The highest BCUT2D eigenvalue weighted by Gasteiger charge is 2.21. The lowest BCUT2D eigenvalue weighted by atomic mass is 10.2. The van der Waals surface area contributed by atoms with Crippen LogP contribution in [0.15, 0.2) is 58.6 Å². The van der Waals surface area contributed by atoms with Crippen LogP contribution in [0.1, 0.15) is 0 Å². The largest absolute Gasteiger partial charge is 0.331 e. The Kier molecular flexibility index (Phi) is 4.36. The highest BCUT2D eigenvalue weighted by Crippen LogP contribution is 2.31. The fraction of sp³-hybridized carbons (Fsp3) is 0.190. The van der Waals surface area contributed by atoms with E-state index in [9.17, 15) is 13.2 Å². The van der Waals surface area contributed by atoms with E-state index >= 15 is 0 Å². The van der Waals surface area contributed by atoms with Gasteiger partial charge in [-0.1, -0.05) is 0 Å². The molecule has 164 valence electrons. The highest BCUT2D eigenvalue weighted by atomic mass is 32.2. The summed E-state index contributed by atoms with van der Waals surface area (Å²) in [6.07, 6.45) is 3.39. The van der Waals surface area contributed by atoms with Crippen molar-refractivity contribution in [1.82, 2.24) is 33.0 Å². The number of imidazole rings is 3. The Bertz CT molecular complexity index is 1690. The minimum absolute atomic E-state index is 0.123. The lowest BCUT2D eigenvalue weighted by Crippen LogP contribution is -2.19. The molecule has 0 unspecified atom stereocenters. The summed E-state index contributed by atoms with van der Waals surface area (Å²) in [7, 11) is 3.05. The molecule has 0 atom stereocenters. The molecule has 0 amide bonds. The van der Waals surface area contributed by atoms with Gasteiger partial charge in [-0.25, -0.2) is 27.9 Å². The van der Waals surface area contributed by atoms with Crippen molar-refractivity contribution < 1.29 is 8.42 Å². The number of nitrogens with one attached hydrogen (secondary N) is 1. The van der Waals surface area contributed by atoms with Gasteiger partial charge in [-0.2, -0.15) is 0 Å². The molecule has 0 spiro atoms. The Labute approximate surface area is 183 Å². The van der Waals surface area contributed by atoms with E-state index in [1.807, 2.05) is 34.4 Å². The van der Waals surface area contributed by atoms with Crippen LogP contribution in [0.2, 0.25) is 0 Å². The van der Waals surface area contributed by atoms with Gasteiger partial charge >= 0.3 is 5.69 Å². The van der Waals surface area contributed by atoms with Gasteiger partial charge in [0.05, 0.1) is 39.5 Å². The van der Waals surface area contributed by atoms with Crippen molar-refractivity contribution in [2.75, 3.05) is 7.05 Å². The first-order valence-electron chi connectivity index (χ1n) is 9.81. The standard InChI is InChI=1S/C21H21N7O3S/c1-22-32(30,31)14-6-7-15-17(10-14)28(20(24-15)19-11-23-12-25(19)2)13-5-8-16-18(9-13)27(4)21(29)26(16)3/h5-12,22H,1-4H3. The van der Waals surface area contributed by atoms with E-state index in [-0.39, 0.29) is 10.6 Å². The zero-order chi connectivity index (χ0) is 22.8. The van der Waals surface area contributed by atoms with Crippen molar-refractivity contribution in [3.05, 3.63) is 59.4 Å². The van der Waals surface area contributed by atoms with Crippen LogP contribution in [0.4, 0.5) is 0 Å². The quantitative estimate of drug-likeness (QED) is 0.446. The molecule has 0 radical (unpaired) electrons. The minimum atomic E-state index is -3.64. The Hall–Kier alpha value is -3.70. The normalized spacial score (nSPS) is 12.2. The average molecular weight is 452 g/mol. The van der Waals surface area contributed by atoms with Crippen LogP contribution < -0.4 is 10.4 Å². The van der Waals surface area contributed by atoms with Crippen LogP contribution in [0.25, 0.3) is 39.3 Å². The van der Waals surface area contributed by atoms with Crippen LogP contribution in [0.3, 0.4) is 0 Å². The van der Waals surface area contributed by atoms with Gasteiger partial charge in [-0.3, -0.25) is 13.7 Å². The Morgan fingerprint density at radius 2 is 1.69 bits per heavy atom. The predicted molar refractivity (Wildman–Crippen MR) is 121 cm³/mol. The van der Waals surface area contributed by atoms with E-state index in [1.54, 1.807) is 47.9 Å². The molecule has 3 heterocycles. The molecule has 0 saturated heterocycles. The van der Waals surface area contributed by atoms with Crippen LogP contribution in [-0.4, -0.2) is 43.7 Å². The van der Waals surface area contributed by atoms with Gasteiger partial charge in [-0.05, 0) is 43.4 Å². The Morgan fingerprint density at radius 3 is 2.38 bits per heavy atom. The van der Waals surface area contributed by atoms with Crippen LogP contribution in [0, 0.1) is 0 Å². The van der Waals surface area contributed by atoms with Crippen LogP contribution in [-0.2, 0) is 31.2 Å². The van der Waals surface area contributed by atoms with Crippen molar-refractivity contribution in [2.45, 2.75) is 4.90 Å².